The van der Waals surface area contributed by atoms with Gasteiger partial charge in [-0.25, -0.2) is 4.98 Å². The van der Waals surface area contributed by atoms with Crippen LogP contribution in [-0.2, 0) is 4.79 Å². The first-order valence-corrected chi connectivity index (χ1v) is 5.87. The summed E-state index contributed by atoms with van der Waals surface area (Å²) in [6.07, 6.45) is 1.15. The first kappa shape index (κ1) is 14.2. The molecule has 1 aromatic heterocycles. The summed E-state index contributed by atoms with van der Waals surface area (Å²) in [5, 5.41) is 11.4. The average molecular weight is 254 g/mol. The quantitative estimate of drug-likeness (QED) is 0.751. The molecule has 0 fully saturated rings. The zero-order valence-corrected chi connectivity index (χ0v) is 10.8. The molecule has 100 valence electrons. The third-order valence-electron chi connectivity index (χ3n) is 2.63. The van der Waals surface area contributed by atoms with Gasteiger partial charge >= 0.3 is 5.97 Å². The molecule has 1 aromatic rings. The molecule has 1 unspecified atom stereocenters. The Morgan fingerprint density at radius 1 is 1.44 bits per heavy atom. The van der Waals surface area contributed by atoms with Crippen molar-refractivity contribution in [3.05, 3.63) is 17.3 Å². The summed E-state index contributed by atoms with van der Waals surface area (Å²) in [7, 11) is 0. The van der Waals surface area contributed by atoms with E-state index in [2.05, 4.69) is 10.3 Å². The number of hydrogen-bond donors (Lipinski definition) is 2. The van der Waals surface area contributed by atoms with Crippen molar-refractivity contribution in [2.45, 2.75) is 33.6 Å². The van der Waals surface area contributed by atoms with Gasteiger partial charge in [0.1, 0.15) is 0 Å². The van der Waals surface area contributed by atoms with Gasteiger partial charge in [0.25, 0.3) is 5.91 Å². The van der Waals surface area contributed by atoms with E-state index in [-0.39, 0.29) is 11.7 Å². The Kier molecular flexibility index (Phi) is 4.88. The number of oxazole rings is 1. The summed E-state index contributed by atoms with van der Waals surface area (Å²) in [6.45, 7) is 5.46. The van der Waals surface area contributed by atoms with Crippen LogP contribution in [-0.4, -0.2) is 28.5 Å². The zero-order valence-electron chi connectivity index (χ0n) is 10.8. The molecule has 0 aliphatic carbocycles. The number of aromatic nitrogens is 1. The molecule has 6 heteroatoms. The van der Waals surface area contributed by atoms with E-state index >= 15 is 0 Å². The minimum atomic E-state index is -0.817. The second-order valence-electron chi connectivity index (χ2n) is 4.28. The number of rotatable bonds is 6. The van der Waals surface area contributed by atoms with Crippen molar-refractivity contribution in [2.75, 3.05) is 6.54 Å². The van der Waals surface area contributed by atoms with Gasteiger partial charge in [-0.3, -0.25) is 9.59 Å². The zero-order chi connectivity index (χ0) is 13.7. The van der Waals surface area contributed by atoms with Crippen LogP contribution in [0.5, 0.6) is 0 Å². The van der Waals surface area contributed by atoms with E-state index in [0.29, 0.717) is 31.0 Å². The standard InChI is InChI=1S/C12H18N2O4/c1-7(12(16)17)5-4-6-13-11(15)10-8(2)14-9(3)18-10/h7H,4-6H2,1-3H3,(H,13,15)(H,16,17). The van der Waals surface area contributed by atoms with Crippen LogP contribution < -0.4 is 5.32 Å². The molecule has 0 aliphatic rings. The molecule has 0 saturated heterocycles. The van der Waals surface area contributed by atoms with E-state index in [4.69, 9.17) is 9.52 Å². The van der Waals surface area contributed by atoms with Crippen molar-refractivity contribution in [3.8, 4) is 0 Å². The van der Waals surface area contributed by atoms with Crippen LogP contribution in [0, 0.1) is 19.8 Å². The molecular formula is C12H18N2O4. The van der Waals surface area contributed by atoms with Crippen molar-refractivity contribution in [1.29, 1.82) is 0 Å². The maximum atomic E-state index is 11.7. The van der Waals surface area contributed by atoms with E-state index < -0.39 is 11.9 Å². The van der Waals surface area contributed by atoms with E-state index in [1.54, 1.807) is 20.8 Å². The third-order valence-corrected chi connectivity index (χ3v) is 2.63. The second kappa shape index (κ2) is 6.18. The highest BCUT2D eigenvalue weighted by atomic mass is 16.4. The fourth-order valence-corrected chi connectivity index (χ4v) is 1.56. The van der Waals surface area contributed by atoms with Gasteiger partial charge in [0.2, 0.25) is 5.76 Å². The number of carbonyl (C=O) groups excluding carboxylic acids is 1. The molecule has 18 heavy (non-hydrogen) atoms. The molecule has 1 atom stereocenters. The number of hydrogen-bond acceptors (Lipinski definition) is 4. The van der Waals surface area contributed by atoms with E-state index in [1.165, 1.54) is 0 Å². The lowest BCUT2D eigenvalue weighted by molar-refractivity contribution is -0.141. The fraction of sp³-hybridized carbons (Fsp3) is 0.583. The van der Waals surface area contributed by atoms with Gasteiger partial charge in [0.05, 0.1) is 11.6 Å². The van der Waals surface area contributed by atoms with Crippen LogP contribution in [0.1, 0.15) is 41.9 Å². The molecule has 1 heterocycles. The van der Waals surface area contributed by atoms with E-state index in [0.717, 1.165) is 0 Å². The van der Waals surface area contributed by atoms with Crippen LogP contribution in [0.4, 0.5) is 0 Å². The number of aliphatic carboxylic acids is 1. The lowest BCUT2D eigenvalue weighted by Gasteiger charge is -2.06. The molecule has 1 rings (SSSR count). The summed E-state index contributed by atoms with van der Waals surface area (Å²) in [5.41, 5.74) is 0.559. The number of carboxylic acid groups (broad SMARTS) is 1. The van der Waals surface area contributed by atoms with Gasteiger partial charge in [0, 0.05) is 13.5 Å². The lowest BCUT2D eigenvalue weighted by atomic mass is 10.1. The number of carboxylic acids is 1. The topological polar surface area (TPSA) is 92.4 Å². The molecule has 1 amide bonds. The summed E-state index contributed by atoms with van der Waals surface area (Å²) in [4.78, 5) is 26.3. The minimum Gasteiger partial charge on any atom is -0.481 e. The first-order valence-electron chi connectivity index (χ1n) is 5.87. The summed E-state index contributed by atoms with van der Waals surface area (Å²) < 4.78 is 5.18. The predicted molar refractivity (Wildman–Crippen MR) is 64.3 cm³/mol. The Bertz CT molecular complexity index is 439. The highest BCUT2D eigenvalue weighted by Crippen LogP contribution is 2.09. The molecule has 0 aliphatic heterocycles. The molecule has 0 bridgehead atoms. The fourth-order valence-electron chi connectivity index (χ4n) is 1.56. The molecule has 0 radical (unpaired) electrons. The number of nitrogens with one attached hydrogen (secondary N) is 1. The summed E-state index contributed by atoms with van der Waals surface area (Å²) in [5.74, 6) is -0.841. The number of aryl methyl sites for hydroxylation is 2. The Hall–Kier alpha value is -1.85. The lowest BCUT2D eigenvalue weighted by Crippen LogP contribution is -2.25. The number of nitrogens with zero attached hydrogens (tertiary/aromatic N) is 1. The van der Waals surface area contributed by atoms with Crippen molar-refractivity contribution in [3.63, 3.8) is 0 Å². The van der Waals surface area contributed by atoms with Gasteiger partial charge in [-0.2, -0.15) is 0 Å². The van der Waals surface area contributed by atoms with Crippen LogP contribution >= 0.6 is 0 Å². The Labute approximate surface area is 105 Å². The molecule has 0 saturated carbocycles. The van der Waals surface area contributed by atoms with Crippen molar-refractivity contribution in [1.82, 2.24) is 10.3 Å². The molecule has 0 aromatic carbocycles. The average Bonchev–Trinajstić information content (AvgIpc) is 2.63. The van der Waals surface area contributed by atoms with Crippen molar-refractivity contribution in [2.24, 2.45) is 5.92 Å². The van der Waals surface area contributed by atoms with Gasteiger partial charge < -0.3 is 14.8 Å². The van der Waals surface area contributed by atoms with Gasteiger partial charge in [0.15, 0.2) is 5.89 Å². The van der Waals surface area contributed by atoms with Crippen LogP contribution in [0.25, 0.3) is 0 Å². The van der Waals surface area contributed by atoms with Gasteiger partial charge in [-0.05, 0) is 19.8 Å². The van der Waals surface area contributed by atoms with Crippen LogP contribution in [0.2, 0.25) is 0 Å². The van der Waals surface area contributed by atoms with Crippen molar-refractivity contribution >= 4 is 11.9 Å². The monoisotopic (exact) mass is 254 g/mol. The first-order chi connectivity index (χ1) is 8.41. The smallest absolute Gasteiger partial charge is 0.306 e. The highest BCUT2D eigenvalue weighted by Gasteiger charge is 2.15. The minimum absolute atomic E-state index is 0.221. The maximum absolute atomic E-state index is 11.7. The maximum Gasteiger partial charge on any atom is 0.306 e. The summed E-state index contributed by atoms with van der Waals surface area (Å²) >= 11 is 0. The largest absolute Gasteiger partial charge is 0.481 e. The van der Waals surface area contributed by atoms with Gasteiger partial charge in [-0.15, -0.1) is 0 Å². The molecular weight excluding hydrogens is 236 g/mol. The van der Waals surface area contributed by atoms with E-state index in [1.807, 2.05) is 0 Å². The number of carbonyl (C=O) groups is 2. The molecule has 0 spiro atoms. The number of amides is 1. The Morgan fingerprint density at radius 2 is 2.11 bits per heavy atom. The van der Waals surface area contributed by atoms with Gasteiger partial charge in [-0.1, -0.05) is 6.92 Å². The van der Waals surface area contributed by atoms with E-state index in [9.17, 15) is 9.59 Å². The van der Waals surface area contributed by atoms with Crippen LogP contribution in [0.3, 0.4) is 0 Å². The van der Waals surface area contributed by atoms with Crippen molar-refractivity contribution < 1.29 is 19.1 Å². The Balaban J connectivity index is 2.34. The SMILES string of the molecule is Cc1nc(C)c(C(=O)NCCCC(C)C(=O)O)o1. The normalized spacial score (nSPS) is 12.2. The predicted octanol–water partition coefficient (Wildman–Crippen LogP) is 1.52. The molecule has 2 N–H and O–H groups in total. The third kappa shape index (κ3) is 3.87. The molecule has 6 nitrogen and oxygen atoms in total. The van der Waals surface area contributed by atoms with Crippen LogP contribution in [0.15, 0.2) is 4.42 Å². The Morgan fingerprint density at radius 3 is 2.61 bits per heavy atom. The summed E-state index contributed by atoms with van der Waals surface area (Å²) in [6, 6.07) is 0. The highest BCUT2D eigenvalue weighted by molar-refractivity contribution is 5.92. The second-order valence-corrected chi connectivity index (χ2v) is 4.28.